The van der Waals surface area contributed by atoms with Crippen molar-refractivity contribution in [1.82, 2.24) is 10.2 Å². The Labute approximate surface area is 108 Å². The molecule has 2 N–H and O–H groups in total. The zero-order chi connectivity index (χ0) is 12.4. The van der Waals surface area contributed by atoms with Gasteiger partial charge in [-0.2, -0.15) is 5.10 Å². The van der Waals surface area contributed by atoms with Gasteiger partial charge in [0.2, 0.25) is 0 Å². The summed E-state index contributed by atoms with van der Waals surface area (Å²) in [7, 11) is 0. The maximum atomic E-state index is 11.8. The van der Waals surface area contributed by atoms with Gasteiger partial charge in [0.25, 0.3) is 5.91 Å². The van der Waals surface area contributed by atoms with Crippen molar-refractivity contribution in [3.63, 3.8) is 0 Å². The van der Waals surface area contributed by atoms with E-state index in [1.165, 1.54) is 0 Å². The van der Waals surface area contributed by atoms with Gasteiger partial charge in [-0.15, -0.1) is 0 Å². The van der Waals surface area contributed by atoms with Crippen LogP contribution in [0.5, 0.6) is 0 Å². The van der Waals surface area contributed by atoms with Gasteiger partial charge >= 0.3 is 0 Å². The summed E-state index contributed by atoms with van der Waals surface area (Å²) in [5.74, 6) is -0.335. The zero-order valence-electron chi connectivity index (χ0n) is 8.92. The van der Waals surface area contributed by atoms with Gasteiger partial charge in [-0.3, -0.25) is 9.89 Å². The number of aromatic amines is 1. The van der Waals surface area contributed by atoms with Crippen molar-refractivity contribution in [2.45, 2.75) is 6.92 Å². The van der Waals surface area contributed by atoms with E-state index in [1.807, 2.05) is 6.92 Å². The van der Waals surface area contributed by atoms with Crippen molar-refractivity contribution >= 4 is 34.8 Å². The molecule has 4 nitrogen and oxygen atoms in total. The van der Waals surface area contributed by atoms with E-state index < -0.39 is 0 Å². The minimum absolute atomic E-state index is 0.304. The van der Waals surface area contributed by atoms with Gasteiger partial charge < -0.3 is 5.32 Å². The first-order valence-corrected chi connectivity index (χ1v) is 5.60. The third kappa shape index (κ3) is 2.78. The lowest BCUT2D eigenvalue weighted by Gasteiger charge is -2.05. The monoisotopic (exact) mass is 269 g/mol. The molecule has 0 aliphatic carbocycles. The van der Waals surface area contributed by atoms with E-state index >= 15 is 0 Å². The van der Waals surface area contributed by atoms with Crippen LogP contribution in [0.2, 0.25) is 10.0 Å². The van der Waals surface area contributed by atoms with Crippen LogP contribution in [0, 0.1) is 6.92 Å². The summed E-state index contributed by atoms with van der Waals surface area (Å²) in [6.45, 7) is 1.82. The van der Waals surface area contributed by atoms with E-state index in [4.69, 9.17) is 23.2 Å². The molecule has 0 saturated heterocycles. The molecule has 0 spiro atoms. The van der Waals surface area contributed by atoms with Crippen LogP contribution in [0.15, 0.2) is 24.3 Å². The van der Waals surface area contributed by atoms with Gasteiger partial charge in [-0.1, -0.05) is 23.2 Å². The maximum Gasteiger partial charge on any atom is 0.276 e. The van der Waals surface area contributed by atoms with Crippen molar-refractivity contribution in [3.05, 3.63) is 45.7 Å². The summed E-state index contributed by atoms with van der Waals surface area (Å²) < 4.78 is 0. The predicted octanol–water partition coefficient (Wildman–Crippen LogP) is 3.28. The number of aromatic nitrogens is 2. The second kappa shape index (κ2) is 4.77. The van der Waals surface area contributed by atoms with Crippen molar-refractivity contribution in [2.24, 2.45) is 0 Å². The number of hydrogen-bond acceptors (Lipinski definition) is 2. The third-order valence-electron chi connectivity index (χ3n) is 2.12. The third-order valence-corrected chi connectivity index (χ3v) is 2.68. The first kappa shape index (κ1) is 12.0. The van der Waals surface area contributed by atoms with Crippen LogP contribution in [0.3, 0.4) is 0 Å². The van der Waals surface area contributed by atoms with Gasteiger partial charge in [0.15, 0.2) is 5.69 Å². The van der Waals surface area contributed by atoms with Gasteiger partial charge in [0, 0.05) is 10.7 Å². The number of rotatable bonds is 2. The van der Waals surface area contributed by atoms with Crippen LogP contribution in [-0.4, -0.2) is 16.1 Å². The Morgan fingerprint density at radius 1 is 1.35 bits per heavy atom. The molecule has 0 aliphatic heterocycles. The van der Waals surface area contributed by atoms with E-state index in [0.29, 0.717) is 21.4 Å². The summed E-state index contributed by atoms with van der Waals surface area (Å²) in [4.78, 5) is 11.8. The molecular formula is C11H9Cl2N3O. The molecule has 1 aromatic carbocycles. The lowest BCUT2D eigenvalue weighted by molar-refractivity contribution is 0.102. The van der Waals surface area contributed by atoms with Crippen molar-refractivity contribution < 1.29 is 4.79 Å². The van der Waals surface area contributed by atoms with Gasteiger partial charge in [0.1, 0.15) is 0 Å². The summed E-state index contributed by atoms with van der Waals surface area (Å²) >= 11 is 11.8. The Hall–Kier alpha value is -1.52. The molecule has 2 rings (SSSR count). The Kier molecular flexibility index (Phi) is 3.36. The Balaban J connectivity index is 2.21. The molecule has 0 saturated carbocycles. The molecule has 0 aliphatic rings. The molecule has 17 heavy (non-hydrogen) atoms. The Morgan fingerprint density at radius 3 is 2.76 bits per heavy atom. The quantitative estimate of drug-likeness (QED) is 0.879. The van der Waals surface area contributed by atoms with Crippen molar-refractivity contribution in [3.8, 4) is 0 Å². The number of nitrogens with zero attached hydrogens (tertiary/aromatic N) is 1. The van der Waals surface area contributed by atoms with Gasteiger partial charge in [-0.25, -0.2) is 0 Å². The molecule has 0 radical (unpaired) electrons. The van der Waals surface area contributed by atoms with Crippen molar-refractivity contribution in [2.75, 3.05) is 5.32 Å². The first-order valence-electron chi connectivity index (χ1n) is 4.84. The normalized spacial score (nSPS) is 10.3. The van der Waals surface area contributed by atoms with E-state index in [2.05, 4.69) is 15.5 Å². The first-order chi connectivity index (χ1) is 8.06. The van der Waals surface area contributed by atoms with Gasteiger partial charge in [0.05, 0.1) is 10.7 Å². The molecule has 0 unspecified atom stereocenters. The highest BCUT2D eigenvalue weighted by molar-refractivity contribution is 6.35. The molecular weight excluding hydrogens is 261 g/mol. The average Bonchev–Trinajstić information content (AvgIpc) is 2.70. The summed E-state index contributed by atoms with van der Waals surface area (Å²) in [5.41, 5.74) is 1.58. The molecule has 88 valence electrons. The zero-order valence-corrected chi connectivity index (χ0v) is 10.4. The minimum Gasteiger partial charge on any atom is -0.319 e. The SMILES string of the molecule is Cc1cc(C(=O)Nc2cc(Cl)ccc2Cl)n[nH]1. The second-order valence-corrected chi connectivity index (χ2v) is 4.36. The fourth-order valence-corrected chi connectivity index (χ4v) is 1.65. The van der Waals surface area contributed by atoms with Crippen LogP contribution < -0.4 is 5.32 Å². The number of anilines is 1. The molecule has 0 fully saturated rings. The molecule has 0 bridgehead atoms. The number of H-pyrrole nitrogens is 1. The summed E-state index contributed by atoms with van der Waals surface area (Å²) in [5, 5.41) is 10.1. The topological polar surface area (TPSA) is 57.8 Å². The van der Waals surface area contributed by atoms with E-state index in [0.717, 1.165) is 5.69 Å². The van der Waals surface area contributed by atoms with Crippen LogP contribution in [0.4, 0.5) is 5.69 Å². The predicted molar refractivity (Wildman–Crippen MR) is 67.7 cm³/mol. The minimum atomic E-state index is -0.335. The number of carbonyl (C=O) groups excluding carboxylic acids is 1. The number of nitrogens with one attached hydrogen (secondary N) is 2. The fourth-order valence-electron chi connectivity index (χ4n) is 1.31. The average molecular weight is 270 g/mol. The highest BCUT2D eigenvalue weighted by Crippen LogP contribution is 2.25. The van der Waals surface area contributed by atoms with Gasteiger partial charge in [-0.05, 0) is 31.2 Å². The van der Waals surface area contributed by atoms with E-state index in [1.54, 1.807) is 24.3 Å². The molecule has 1 aromatic heterocycles. The van der Waals surface area contributed by atoms with Crippen LogP contribution in [-0.2, 0) is 0 Å². The lowest BCUT2D eigenvalue weighted by Crippen LogP contribution is -2.12. The highest BCUT2D eigenvalue weighted by atomic mass is 35.5. The lowest BCUT2D eigenvalue weighted by atomic mass is 10.3. The standard InChI is InChI=1S/C11H9Cl2N3O/c1-6-4-10(16-15-6)11(17)14-9-5-7(12)2-3-8(9)13/h2-5H,1H3,(H,14,17)(H,15,16). The molecule has 6 heteroatoms. The molecule has 1 heterocycles. The number of aryl methyl sites for hydroxylation is 1. The highest BCUT2D eigenvalue weighted by Gasteiger charge is 2.11. The number of benzene rings is 1. The summed E-state index contributed by atoms with van der Waals surface area (Å²) in [6.07, 6.45) is 0. The van der Waals surface area contributed by atoms with E-state index in [9.17, 15) is 4.79 Å². The van der Waals surface area contributed by atoms with Crippen LogP contribution in [0.1, 0.15) is 16.2 Å². The molecule has 0 atom stereocenters. The van der Waals surface area contributed by atoms with Crippen LogP contribution >= 0.6 is 23.2 Å². The molecule has 1 amide bonds. The second-order valence-electron chi connectivity index (χ2n) is 3.51. The van der Waals surface area contributed by atoms with Crippen LogP contribution in [0.25, 0.3) is 0 Å². The largest absolute Gasteiger partial charge is 0.319 e. The summed E-state index contributed by atoms with van der Waals surface area (Å²) in [6, 6.07) is 6.50. The van der Waals surface area contributed by atoms with E-state index in [-0.39, 0.29) is 5.91 Å². The smallest absolute Gasteiger partial charge is 0.276 e. The number of hydrogen-bond donors (Lipinski definition) is 2. The van der Waals surface area contributed by atoms with Crippen molar-refractivity contribution in [1.29, 1.82) is 0 Å². The number of amides is 1. The maximum absolute atomic E-state index is 11.8. The number of carbonyl (C=O) groups is 1. The molecule has 2 aromatic rings. The number of halogens is 2. The Bertz CT molecular complexity index is 566. The fraction of sp³-hybridized carbons (Fsp3) is 0.0909. The Morgan fingerprint density at radius 2 is 2.12 bits per heavy atom.